The van der Waals surface area contributed by atoms with Crippen LogP contribution in [0.1, 0.15) is 142 Å². The predicted octanol–water partition coefficient (Wildman–Crippen LogP) is 6.77. The highest BCUT2D eigenvalue weighted by Gasteiger charge is 2.44. The van der Waals surface area contributed by atoms with Crippen molar-refractivity contribution in [2.24, 2.45) is 0 Å². The number of hydrogen-bond acceptors (Lipinski definition) is 10. The van der Waals surface area contributed by atoms with E-state index in [-0.39, 0.29) is 32.0 Å². The summed E-state index contributed by atoms with van der Waals surface area (Å²) in [5.74, 6) is -0.834. The largest absolute Gasteiger partial charge is 0.462 e. The van der Waals surface area contributed by atoms with E-state index in [1.807, 2.05) is 18.2 Å². The average molecular weight is 697 g/mol. The van der Waals surface area contributed by atoms with Crippen molar-refractivity contribution in [2.45, 2.75) is 179 Å². The molecule has 6 atom stereocenters. The first-order chi connectivity index (χ1) is 23.8. The average Bonchev–Trinajstić information content (AvgIpc) is 3.10. The van der Waals surface area contributed by atoms with Gasteiger partial charge in [0.25, 0.3) is 0 Å². The Morgan fingerprint density at radius 2 is 1.20 bits per heavy atom. The Kier molecular flexibility index (Phi) is 28.2. The molecule has 1 heterocycles. The van der Waals surface area contributed by atoms with Crippen LogP contribution in [0.5, 0.6) is 0 Å². The summed E-state index contributed by atoms with van der Waals surface area (Å²) in [6.07, 6.45) is 24.4. The Bertz CT molecular complexity index is 902. The van der Waals surface area contributed by atoms with Crippen LogP contribution in [0.15, 0.2) is 36.5 Å². The zero-order valence-electron chi connectivity index (χ0n) is 30.4. The Balaban J connectivity index is 2.42. The van der Waals surface area contributed by atoms with Crippen molar-refractivity contribution in [1.82, 2.24) is 0 Å². The fourth-order valence-corrected chi connectivity index (χ4v) is 5.54. The zero-order valence-corrected chi connectivity index (χ0v) is 30.4. The van der Waals surface area contributed by atoms with Gasteiger partial charge in [0.2, 0.25) is 0 Å². The van der Waals surface area contributed by atoms with Crippen molar-refractivity contribution in [3.63, 3.8) is 0 Å². The van der Waals surface area contributed by atoms with Gasteiger partial charge in [-0.2, -0.15) is 0 Å². The normalized spacial score (nSPS) is 22.0. The molecule has 0 amide bonds. The van der Waals surface area contributed by atoms with Gasteiger partial charge in [-0.15, -0.1) is 0 Å². The lowest BCUT2D eigenvalue weighted by Gasteiger charge is -2.39. The molecule has 1 aliphatic heterocycles. The smallest absolute Gasteiger partial charge is 0.306 e. The molecule has 10 heteroatoms. The lowest BCUT2D eigenvalue weighted by molar-refractivity contribution is -0.305. The third kappa shape index (κ3) is 23.1. The zero-order chi connectivity index (χ0) is 36.0. The molecule has 1 fully saturated rings. The number of aliphatic hydroxyl groups is 4. The van der Waals surface area contributed by atoms with E-state index in [9.17, 15) is 30.0 Å². The van der Waals surface area contributed by atoms with E-state index in [0.717, 1.165) is 57.8 Å². The van der Waals surface area contributed by atoms with Gasteiger partial charge in [0.05, 0.1) is 13.2 Å². The third-order valence-electron chi connectivity index (χ3n) is 8.60. The van der Waals surface area contributed by atoms with Crippen LogP contribution in [0.4, 0.5) is 0 Å². The van der Waals surface area contributed by atoms with Crippen LogP contribution in [0, 0.1) is 0 Å². The monoisotopic (exact) mass is 696 g/mol. The van der Waals surface area contributed by atoms with Crippen molar-refractivity contribution in [2.75, 3.05) is 19.8 Å². The van der Waals surface area contributed by atoms with E-state index in [0.29, 0.717) is 6.42 Å². The third-order valence-corrected chi connectivity index (χ3v) is 8.60. The Hall–Kier alpha value is -2.08. The van der Waals surface area contributed by atoms with Gasteiger partial charge >= 0.3 is 11.9 Å². The summed E-state index contributed by atoms with van der Waals surface area (Å²) in [5, 5.41) is 39.9. The second kappa shape index (κ2) is 30.7. The van der Waals surface area contributed by atoms with Crippen LogP contribution >= 0.6 is 0 Å². The summed E-state index contributed by atoms with van der Waals surface area (Å²) in [4.78, 5) is 25.1. The fraction of sp³-hybridized carbons (Fsp3) is 0.795. The molecule has 1 aliphatic rings. The quantitative estimate of drug-likeness (QED) is 0.0360. The van der Waals surface area contributed by atoms with Crippen molar-refractivity contribution in [3.05, 3.63) is 36.5 Å². The first-order valence-electron chi connectivity index (χ1n) is 19.1. The summed E-state index contributed by atoms with van der Waals surface area (Å²) >= 11 is 0. The number of unbranched alkanes of at least 4 members (excludes halogenated alkanes) is 15. The highest BCUT2D eigenvalue weighted by molar-refractivity contribution is 5.70. The van der Waals surface area contributed by atoms with Crippen LogP contribution in [0.3, 0.4) is 0 Å². The maximum Gasteiger partial charge on any atom is 0.306 e. The second-order valence-electron chi connectivity index (χ2n) is 13.1. The number of ether oxygens (including phenoxy) is 4. The number of esters is 2. The van der Waals surface area contributed by atoms with Gasteiger partial charge in [-0.1, -0.05) is 134 Å². The standard InChI is InChI=1S/C39H68O10/c1-3-5-7-9-11-13-15-16-18-20-22-24-26-28-35(42)48-32(31-47-39-38(45)37(44)36(43)33(29-40)49-39)30-46-34(41)27-25-23-21-19-17-14-12-10-8-6-4-2/h5,7,9,11,13,15,32-33,36-40,43-45H,3-4,6,8,10,12,14,16-31H2,1-2H3/b7-5+,11-9+,15-13+/t32?,33-,36+,37?,38?,39-/m1/s1. The summed E-state index contributed by atoms with van der Waals surface area (Å²) in [5.41, 5.74) is 0. The van der Waals surface area contributed by atoms with E-state index < -0.39 is 49.4 Å². The number of rotatable bonds is 30. The van der Waals surface area contributed by atoms with Crippen LogP contribution in [-0.4, -0.2) is 89.0 Å². The van der Waals surface area contributed by atoms with E-state index in [4.69, 9.17) is 18.9 Å². The molecule has 3 unspecified atom stereocenters. The van der Waals surface area contributed by atoms with E-state index in [1.54, 1.807) is 0 Å². The molecular weight excluding hydrogens is 628 g/mol. The molecule has 1 saturated heterocycles. The van der Waals surface area contributed by atoms with E-state index in [1.165, 1.54) is 51.4 Å². The minimum atomic E-state index is -1.60. The van der Waals surface area contributed by atoms with Crippen LogP contribution < -0.4 is 0 Å². The minimum Gasteiger partial charge on any atom is -0.462 e. The van der Waals surface area contributed by atoms with Gasteiger partial charge in [0, 0.05) is 12.8 Å². The molecule has 0 spiro atoms. The highest BCUT2D eigenvalue weighted by Crippen LogP contribution is 2.22. The Morgan fingerprint density at radius 1 is 0.653 bits per heavy atom. The number of aliphatic hydroxyl groups excluding tert-OH is 4. The van der Waals surface area contributed by atoms with Crippen molar-refractivity contribution in [3.8, 4) is 0 Å². The Labute approximate surface area is 295 Å². The first-order valence-corrected chi connectivity index (χ1v) is 19.1. The summed E-state index contributed by atoms with van der Waals surface area (Å²) in [6, 6.07) is 0. The number of carbonyl (C=O) groups excluding carboxylic acids is 2. The van der Waals surface area contributed by atoms with Gasteiger partial charge in [0.1, 0.15) is 31.0 Å². The first kappa shape index (κ1) is 44.9. The molecule has 49 heavy (non-hydrogen) atoms. The van der Waals surface area contributed by atoms with Crippen LogP contribution in [0.25, 0.3) is 0 Å². The topological polar surface area (TPSA) is 152 Å². The summed E-state index contributed by atoms with van der Waals surface area (Å²) in [7, 11) is 0. The van der Waals surface area contributed by atoms with Gasteiger partial charge in [-0.25, -0.2) is 0 Å². The lowest BCUT2D eigenvalue weighted by atomic mass is 9.99. The number of carbonyl (C=O) groups is 2. The molecule has 0 aromatic rings. The van der Waals surface area contributed by atoms with E-state index in [2.05, 4.69) is 32.1 Å². The van der Waals surface area contributed by atoms with E-state index >= 15 is 0 Å². The van der Waals surface area contributed by atoms with Gasteiger partial charge < -0.3 is 39.4 Å². The maximum absolute atomic E-state index is 12.7. The summed E-state index contributed by atoms with van der Waals surface area (Å²) in [6.45, 7) is 3.23. The molecule has 0 bridgehead atoms. The van der Waals surface area contributed by atoms with Crippen molar-refractivity contribution < 1.29 is 49.0 Å². The summed E-state index contributed by atoms with van der Waals surface area (Å²) < 4.78 is 22.0. The number of hydrogen-bond donors (Lipinski definition) is 4. The molecule has 0 radical (unpaired) electrons. The fourth-order valence-electron chi connectivity index (χ4n) is 5.54. The number of allylic oxidation sites excluding steroid dienone is 6. The van der Waals surface area contributed by atoms with Crippen molar-refractivity contribution >= 4 is 11.9 Å². The van der Waals surface area contributed by atoms with Gasteiger partial charge in [-0.3, -0.25) is 9.59 Å². The molecule has 0 aromatic carbocycles. The molecule has 0 aliphatic carbocycles. The maximum atomic E-state index is 12.7. The molecule has 284 valence electrons. The van der Waals surface area contributed by atoms with Crippen molar-refractivity contribution in [1.29, 1.82) is 0 Å². The molecule has 0 saturated carbocycles. The van der Waals surface area contributed by atoms with Crippen LogP contribution in [0.2, 0.25) is 0 Å². The molecule has 4 N–H and O–H groups in total. The van der Waals surface area contributed by atoms with Gasteiger partial charge in [-0.05, 0) is 32.1 Å². The molecular formula is C39H68O10. The van der Waals surface area contributed by atoms with Gasteiger partial charge in [0.15, 0.2) is 12.4 Å². The minimum absolute atomic E-state index is 0.208. The predicted molar refractivity (Wildman–Crippen MR) is 192 cm³/mol. The highest BCUT2D eigenvalue weighted by atomic mass is 16.7. The Morgan fingerprint density at radius 3 is 1.80 bits per heavy atom. The SMILES string of the molecule is CC/C=C/C=C/C=C/CCCCCCCC(=O)OC(COC(=O)CCCCCCCCCCCCC)CO[C@@H]1O[C@H](CO)[C@H](O)C(O)C1O. The molecule has 10 nitrogen and oxygen atoms in total. The lowest BCUT2D eigenvalue weighted by Crippen LogP contribution is -2.59. The second-order valence-corrected chi connectivity index (χ2v) is 13.1. The van der Waals surface area contributed by atoms with Crippen LogP contribution in [-0.2, 0) is 28.5 Å². The molecule has 1 rings (SSSR count). The molecule has 0 aromatic heterocycles.